The summed E-state index contributed by atoms with van der Waals surface area (Å²) in [4.78, 5) is 26.6. The van der Waals surface area contributed by atoms with Crippen molar-refractivity contribution in [1.82, 2.24) is 4.90 Å². The summed E-state index contributed by atoms with van der Waals surface area (Å²) < 4.78 is 29.6. The fourth-order valence-corrected chi connectivity index (χ4v) is 4.14. The molecule has 1 aromatic heterocycles. The number of carboxylic acid groups (broad SMARTS) is 1. The molecule has 1 aromatic carbocycles. The van der Waals surface area contributed by atoms with Crippen molar-refractivity contribution < 1.29 is 28.2 Å². The van der Waals surface area contributed by atoms with Gasteiger partial charge in [-0.05, 0) is 18.6 Å². The maximum Gasteiger partial charge on any atom is 0.387 e. The Morgan fingerprint density at radius 1 is 1.27 bits per heavy atom. The summed E-state index contributed by atoms with van der Waals surface area (Å²) in [6, 6.07) is 10.5. The van der Waals surface area contributed by atoms with Gasteiger partial charge in [0.15, 0.2) is 0 Å². The van der Waals surface area contributed by atoms with Crippen molar-refractivity contribution in [3.05, 3.63) is 51.7 Å². The number of nitrogens with zero attached hydrogens (tertiary/aromatic N) is 1. The fourth-order valence-electron chi connectivity index (χ4n) is 3.22. The predicted molar refractivity (Wildman–Crippen MR) is 91.9 cm³/mol. The van der Waals surface area contributed by atoms with E-state index in [1.165, 1.54) is 11.0 Å². The minimum atomic E-state index is -3.03. The molecule has 1 amide bonds. The van der Waals surface area contributed by atoms with Crippen LogP contribution in [0.15, 0.2) is 36.4 Å². The van der Waals surface area contributed by atoms with Crippen molar-refractivity contribution >= 4 is 23.2 Å². The Balaban J connectivity index is 1.86. The Hall–Kier alpha value is -2.48. The summed E-state index contributed by atoms with van der Waals surface area (Å²) in [6.07, 6.45) is 0. The number of benzene rings is 1. The number of hydrogen-bond acceptors (Lipinski definition) is 4. The smallest absolute Gasteiger partial charge is 0.387 e. The van der Waals surface area contributed by atoms with E-state index in [0.29, 0.717) is 4.88 Å². The molecule has 0 bridgehead atoms. The Morgan fingerprint density at radius 2 is 1.96 bits per heavy atom. The zero-order valence-electron chi connectivity index (χ0n) is 13.9. The van der Waals surface area contributed by atoms with Crippen LogP contribution in [0.2, 0.25) is 0 Å². The van der Waals surface area contributed by atoms with Crippen molar-refractivity contribution in [3.8, 4) is 5.75 Å². The summed E-state index contributed by atoms with van der Waals surface area (Å²) >= 11 is 1.06. The monoisotopic (exact) mass is 381 g/mol. The third-order valence-corrected chi connectivity index (χ3v) is 5.40. The molecule has 0 saturated carbocycles. The standard InChI is InChI=1S/C18H17F2NO4S/c1-10-7-14(25-18(19)20)15(26-10)16(22)21-8-12(13(9-21)17(23)24)11-5-3-2-4-6-11/h2-7,12-13,18H,8-9H2,1H3,(H,23,24)/t12-,13-/m0/s1. The minimum Gasteiger partial charge on any atom is -0.481 e. The molecule has 2 atom stereocenters. The molecule has 3 rings (SSSR count). The van der Waals surface area contributed by atoms with Gasteiger partial charge in [0, 0.05) is 23.9 Å². The van der Waals surface area contributed by atoms with Gasteiger partial charge in [0.25, 0.3) is 5.91 Å². The number of thiophene rings is 1. The highest BCUT2D eigenvalue weighted by Gasteiger charge is 2.41. The van der Waals surface area contributed by atoms with Gasteiger partial charge in [0.05, 0.1) is 5.92 Å². The minimum absolute atomic E-state index is 0.0266. The molecule has 1 fully saturated rings. The van der Waals surface area contributed by atoms with Gasteiger partial charge in [-0.3, -0.25) is 9.59 Å². The molecular weight excluding hydrogens is 364 g/mol. The van der Waals surface area contributed by atoms with E-state index in [1.54, 1.807) is 6.92 Å². The SMILES string of the molecule is Cc1cc(OC(F)F)c(C(=O)N2C[C@H](C(=O)O)[C@H](c3ccccc3)C2)s1. The molecule has 0 spiro atoms. The first-order valence-electron chi connectivity index (χ1n) is 7.99. The van der Waals surface area contributed by atoms with Crippen LogP contribution >= 0.6 is 11.3 Å². The lowest BCUT2D eigenvalue weighted by atomic mass is 9.89. The number of ether oxygens (including phenoxy) is 1. The van der Waals surface area contributed by atoms with Gasteiger partial charge in [0.1, 0.15) is 10.6 Å². The first kappa shape index (κ1) is 18.3. The van der Waals surface area contributed by atoms with E-state index in [9.17, 15) is 23.5 Å². The third-order valence-electron chi connectivity index (χ3n) is 4.38. The fraction of sp³-hybridized carbons (Fsp3) is 0.333. The number of carbonyl (C=O) groups is 2. The molecule has 138 valence electrons. The Labute approximate surface area is 152 Å². The van der Waals surface area contributed by atoms with Gasteiger partial charge in [-0.25, -0.2) is 0 Å². The summed E-state index contributed by atoms with van der Waals surface area (Å²) in [5.74, 6) is -2.73. The van der Waals surface area contributed by atoms with Crippen LogP contribution in [0.25, 0.3) is 0 Å². The number of amides is 1. The highest BCUT2D eigenvalue weighted by molar-refractivity contribution is 7.14. The molecule has 0 radical (unpaired) electrons. The number of carboxylic acids is 1. The average molecular weight is 381 g/mol. The third kappa shape index (κ3) is 3.70. The van der Waals surface area contributed by atoms with Gasteiger partial charge < -0.3 is 14.7 Å². The van der Waals surface area contributed by atoms with Crippen molar-refractivity contribution in [3.63, 3.8) is 0 Å². The molecule has 5 nitrogen and oxygen atoms in total. The van der Waals surface area contributed by atoms with Crippen LogP contribution in [0.4, 0.5) is 8.78 Å². The van der Waals surface area contributed by atoms with E-state index < -0.39 is 24.4 Å². The number of aryl methyl sites for hydroxylation is 1. The van der Waals surface area contributed by atoms with E-state index in [4.69, 9.17) is 0 Å². The second-order valence-corrected chi connectivity index (χ2v) is 7.36. The van der Waals surface area contributed by atoms with Gasteiger partial charge in [-0.15, -0.1) is 11.3 Å². The number of likely N-dealkylation sites (tertiary alicyclic amines) is 1. The lowest BCUT2D eigenvalue weighted by Crippen LogP contribution is -2.29. The highest BCUT2D eigenvalue weighted by atomic mass is 32.1. The van der Waals surface area contributed by atoms with Crippen molar-refractivity contribution in [2.75, 3.05) is 13.1 Å². The van der Waals surface area contributed by atoms with Crippen molar-refractivity contribution in [2.24, 2.45) is 5.92 Å². The lowest BCUT2D eigenvalue weighted by molar-refractivity contribution is -0.141. The Bertz CT molecular complexity index is 809. The molecule has 1 aliphatic heterocycles. The van der Waals surface area contributed by atoms with Gasteiger partial charge in [-0.2, -0.15) is 8.78 Å². The molecule has 0 aliphatic carbocycles. The predicted octanol–water partition coefficient (Wildman–Crippen LogP) is 3.60. The highest BCUT2D eigenvalue weighted by Crippen LogP contribution is 2.37. The molecule has 2 heterocycles. The second-order valence-electron chi connectivity index (χ2n) is 6.10. The first-order valence-corrected chi connectivity index (χ1v) is 8.80. The molecule has 1 saturated heterocycles. The molecule has 2 aromatic rings. The number of alkyl halides is 2. The lowest BCUT2D eigenvalue weighted by Gasteiger charge is -2.16. The van der Waals surface area contributed by atoms with Crippen molar-refractivity contribution in [1.29, 1.82) is 0 Å². The maximum atomic E-state index is 12.8. The zero-order chi connectivity index (χ0) is 18.8. The summed E-state index contributed by atoms with van der Waals surface area (Å²) in [5, 5.41) is 9.53. The number of rotatable bonds is 5. The van der Waals surface area contributed by atoms with Crippen LogP contribution in [0, 0.1) is 12.8 Å². The molecule has 0 unspecified atom stereocenters. The average Bonchev–Trinajstić information content (AvgIpc) is 3.18. The van der Waals surface area contributed by atoms with Crippen LogP contribution in [0.5, 0.6) is 5.75 Å². The molecule has 8 heteroatoms. The van der Waals surface area contributed by atoms with Crippen LogP contribution in [0.3, 0.4) is 0 Å². The largest absolute Gasteiger partial charge is 0.481 e. The van der Waals surface area contributed by atoms with Crippen LogP contribution in [-0.2, 0) is 4.79 Å². The zero-order valence-corrected chi connectivity index (χ0v) is 14.7. The molecular formula is C18H17F2NO4S. The molecule has 26 heavy (non-hydrogen) atoms. The summed E-state index contributed by atoms with van der Waals surface area (Å²) in [7, 11) is 0. The Kier molecular flexibility index (Phi) is 5.22. The summed E-state index contributed by atoms with van der Waals surface area (Å²) in [6.45, 7) is -1.10. The number of aliphatic carboxylic acids is 1. The second kappa shape index (κ2) is 7.41. The number of carbonyl (C=O) groups excluding carboxylic acids is 1. The normalized spacial score (nSPS) is 19.8. The van der Waals surface area contributed by atoms with E-state index in [0.717, 1.165) is 16.9 Å². The van der Waals surface area contributed by atoms with E-state index in [1.807, 2.05) is 30.3 Å². The van der Waals surface area contributed by atoms with Crippen LogP contribution in [0.1, 0.15) is 26.0 Å². The van der Waals surface area contributed by atoms with E-state index in [-0.39, 0.29) is 29.6 Å². The maximum absolute atomic E-state index is 12.8. The van der Waals surface area contributed by atoms with Gasteiger partial charge in [0.2, 0.25) is 0 Å². The van der Waals surface area contributed by atoms with Crippen LogP contribution < -0.4 is 4.74 Å². The quantitative estimate of drug-likeness (QED) is 0.859. The number of halogens is 2. The summed E-state index contributed by atoms with van der Waals surface area (Å²) in [5.41, 5.74) is 0.835. The van der Waals surface area contributed by atoms with E-state index >= 15 is 0 Å². The van der Waals surface area contributed by atoms with Crippen molar-refractivity contribution in [2.45, 2.75) is 19.5 Å². The van der Waals surface area contributed by atoms with Gasteiger partial charge in [-0.1, -0.05) is 30.3 Å². The molecule has 1 aliphatic rings. The number of hydrogen-bond donors (Lipinski definition) is 1. The topological polar surface area (TPSA) is 66.8 Å². The molecule has 1 N–H and O–H groups in total. The first-order chi connectivity index (χ1) is 12.4. The Morgan fingerprint density at radius 3 is 2.58 bits per heavy atom. The van der Waals surface area contributed by atoms with E-state index in [2.05, 4.69) is 4.74 Å². The van der Waals surface area contributed by atoms with Crippen LogP contribution in [-0.4, -0.2) is 41.6 Å². The van der Waals surface area contributed by atoms with Gasteiger partial charge >= 0.3 is 12.6 Å².